The average Bonchev–Trinajstić information content (AvgIpc) is 2.62. The van der Waals surface area contributed by atoms with Gasteiger partial charge in [0.25, 0.3) is 15.9 Å². The van der Waals surface area contributed by atoms with Gasteiger partial charge in [-0.1, -0.05) is 12.1 Å². The predicted octanol–water partition coefficient (Wildman–Crippen LogP) is 2.10. The third-order valence-corrected chi connectivity index (χ3v) is 5.15. The second kappa shape index (κ2) is 7.20. The first-order valence-electron chi connectivity index (χ1n) is 7.71. The Morgan fingerprint density at radius 1 is 1.08 bits per heavy atom. The molecule has 132 valence electrons. The molecule has 3 rings (SSSR count). The number of nitrogens with one attached hydrogen (secondary N) is 1. The van der Waals surface area contributed by atoms with Crippen LogP contribution in [0.25, 0.3) is 0 Å². The molecular weight excluding hydrogens is 347 g/mol. The highest BCUT2D eigenvalue weighted by molar-refractivity contribution is 7.92. The Balaban J connectivity index is 1.80. The van der Waals surface area contributed by atoms with Gasteiger partial charge in [-0.15, -0.1) is 0 Å². The standard InChI is InChI=1S/C17H17FN2O4S/c18-14-4-2-6-16(12-14)25(22,23)19-15-5-1-3-13(11-15)17(21)20-7-9-24-10-8-20/h1-6,11-12,19H,7-10H2. The number of hydrogen-bond acceptors (Lipinski definition) is 4. The molecule has 2 aromatic carbocycles. The van der Waals surface area contributed by atoms with Gasteiger partial charge in [-0.05, 0) is 36.4 Å². The van der Waals surface area contributed by atoms with Crippen LogP contribution in [0.4, 0.5) is 10.1 Å². The zero-order valence-electron chi connectivity index (χ0n) is 13.3. The summed E-state index contributed by atoms with van der Waals surface area (Å²) in [6, 6.07) is 10.9. The Hall–Kier alpha value is -2.45. The number of rotatable bonds is 4. The molecule has 1 N–H and O–H groups in total. The molecule has 8 heteroatoms. The van der Waals surface area contributed by atoms with Crippen molar-refractivity contribution < 1.29 is 22.3 Å². The minimum Gasteiger partial charge on any atom is -0.378 e. The number of nitrogens with zero attached hydrogens (tertiary/aromatic N) is 1. The molecule has 1 amide bonds. The number of anilines is 1. The highest BCUT2D eigenvalue weighted by atomic mass is 32.2. The van der Waals surface area contributed by atoms with Crippen LogP contribution in [-0.2, 0) is 14.8 Å². The zero-order valence-corrected chi connectivity index (χ0v) is 14.1. The molecule has 1 aliphatic heterocycles. The van der Waals surface area contributed by atoms with Crippen molar-refractivity contribution in [1.82, 2.24) is 4.90 Å². The van der Waals surface area contributed by atoms with Gasteiger partial charge in [-0.25, -0.2) is 12.8 Å². The maximum atomic E-state index is 13.3. The van der Waals surface area contributed by atoms with E-state index >= 15 is 0 Å². The number of sulfonamides is 1. The van der Waals surface area contributed by atoms with Crippen LogP contribution in [-0.4, -0.2) is 45.5 Å². The van der Waals surface area contributed by atoms with Crippen molar-refractivity contribution in [2.24, 2.45) is 0 Å². The molecule has 1 saturated heterocycles. The van der Waals surface area contributed by atoms with E-state index in [0.29, 0.717) is 31.9 Å². The van der Waals surface area contributed by atoms with Gasteiger partial charge in [-0.3, -0.25) is 9.52 Å². The fraction of sp³-hybridized carbons (Fsp3) is 0.235. The van der Waals surface area contributed by atoms with Crippen LogP contribution in [0.2, 0.25) is 0 Å². The molecule has 1 heterocycles. The molecule has 0 bridgehead atoms. The Bertz CT molecular complexity index is 880. The molecule has 1 aliphatic rings. The maximum absolute atomic E-state index is 13.3. The van der Waals surface area contributed by atoms with E-state index in [4.69, 9.17) is 4.74 Å². The lowest BCUT2D eigenvalue weighted by Gasteiger charge is -2.27. The van der Waals surface area contributed by atoms with Gasteiger partial charge in [0.05, 0.1) is 18.1 Å². The van der Waals surface area contributed by atoms with Crippen molar-refractivity contribution in [1.29, 1.82) is 0 Å². The third kappa shape index (κ3) is 4.15. The molecule has 2 aromatic rings. The summed E-state index contributed by atoms with van der Waals surface area (Å²) in [5.74, 6) is -0.825. The number of morpholine rings is 1. The summed E-state index contributed by atoms with van der Waals surface area (Å²) in [6.45, 7) is 1.96. The van der Waals surface area contributed by atoms with Crippen LogP contribution in [0.3, 0.4) is 0 Å². The number of hydrogen-bond donors (Lipinski definition) is 1. The van der Waals surface area contributed by atoms with Crippen molar-refractivity contribution >= 4 is 21.6 Å². The Kier molecular flexibility index (Phi) is 5.00. The summed E-state index contributed by atoms with van der Waals surface area (Å²) >= 11 is 0. The topological polar surface area (TPSA) is 75.7 Å². The highest BCUT2D eigenvalue weighted by Gasteiger charge is 2.20. The summed E-state index contributed by atoms with van der Waals surface area (Å²) < 4.78 is 45.5. The zero-order chi connectivity index (χ0) is 17.9. The first-order valence-corrected chi connectivity index (χ1v) is 9.19. The van der Waals surface area contributed by atoms with E-state index in [1.807, 2.05) is 0 Å². The van der Waals surface area contributed by atoms with Crippen LogP contribution in [0, 0.1) is 5.82 Å². The van der Waals surface area contributed by atoms with Crippen LogP contribution < -0.4 is 4.72 Å². The molecule has 6 nitrogen and oxygen atoms in total. The largest absolute Gasteiger partial charge is 0.378 e. The van der Waals surface area contributed by atoms with E-state index < -0.39 is 15.8 Å². The minimum absolute atomic E-state index is 0.183. The van der Waals surface area contributed by atoms with E-state index in [0.717, 1.165) is 6.07 Å². The van der Waals surface area contributed by atoms with Gasteiger partial charge < -0.3 is 9.64 Å². The van der Waals surface area contributed by atoms with Crippen molar-refractivity contribution in [3.05, 3.63) is 59.9 Å². The number of carbonyl (C=O) groups is 1. The summed E-state index contributed by atoms with van der Waals surface area (Å²) in [5.41, 5.74) is 0.615. The molecule has 0 spiro atoms. The third-order valence-electron chi connectivity index (χ3n) is 3.77. The normalized spacial score (nSPS) is 15.0. The van der Waals surface area contributed by atoms with Gasteiger partial charge in [0.2, 0.25) is 0 Å². The fourth-order valence-electron chi connectivity index (χ4n) is 2.51. The molecule has 1 fully saturated rings. The first-order chi connectivity index (χ1) is 12.0. The molecule has 0 atom stereocenters. The van der Waals surface area contributed by atoms with Gasteiger partial charge in [0, 0.05) is 24.3 Å². The van der Waals surface area contributed by atoms with Crippen molar-refractivity contribution in [3.8, 4) is 0 Å². The monoisotopic (exact) mass is 364 g/mol. The van der Waals surface area contributed by atoms with E-state index in [9.17, 15) is 17.6 Å². The van der Waals surface area contributed by atoms with Gasteiger partial charge in [-0.2, -0.15) is 0 Å². The molecule has 0 radical (unpaired) electrons. The SMILES string of the molecule is O=C(c1cccc(NS(=O)(=O)c2cccc(F)c2)c1)N1CCOCC1. The summed E-state index contributed by atoms with van der Waals surface area (Å²) in [6.07, 6.45) is 0. The minimum atomic E-state index is -3.94. The Morgan fingerprint density at radius 2 is 1.80 bits per heavy atom. The second-order valence-corrected chi connectivity index (χ2v) is 7.23. The number of carbonyl (C=O) groups excluding carboxylic acids is 1. The molecule has 0 aromatic heterocycles. The predicted molar refractivity (Wildman–Crippen MR) is 90.4 cm³/mol. The number of halogens is 1. The van der Waals surface area contributed by atoms with Gasteiger partial charge in [0.15, 0.2) is 0 Å². The number of amides is 1. The van der Waals surface area contributed by atoms with E-state index in [1.54, 1.807) is 17.0 Å². The molecule has 0 saturated carbocycles. The van der Waals surface area contributed by atoms with Crippen LogP contribution >= 0.6 is 0 Å². The lowest BCUT2D eigenvalue weighted by Crippen LogP contribution is -2.40. The quantitative estimate of drug-likeness (QED) is 0.901. The molecule has 0 unspecified atom stereocenters. The Labute approximate surface area is 145 Å². The Morgan fingerprint density at radius 3 is 2.52 bits per heavy atom. The second-order valence-electron chi connectivity index (χ2n) is 5.55. The van der Waals surface area contributed by atoms with E-state index in [2.05, 4.69) is 4.72 Å². The lowest BCUT2D eigenvalue weighted by atomic mass is 10.1. The average molecular weight is 364 g/mol. The van der Waals surface area contributed by atoms with E-state index in [-0.39, 0.29) is 16.5 Å². The van der Waals surface area contributed by atoms with Crippen molar-refractivity contribution in [3.63, 3.8) is 0 Å². The lowest BCUT2D eigenvalue weighted by molar-refractivity contribution is 0.0303. The van der Waals surface area contributed by atoms with Gasteiger partial charge in [0.1, 0.15) is 5.82 Å². The summed E-state index contributed by atoms with van der Waals surface area (Å²) in [7, 11) is -3.94. The van der Waals surface area contributed by atoms with Crippen molar-refractivity contribution in [2.75, 3.05) is 31.0 Å². The van der Waals surface area contributed by atoms with E-state index in [1.165, 1.54) is 30.3 Å². The van der Waals surface area contributed by atoms with Crippen LogP contribution in [0.5, 0.6) is 0 Å². The molecule has 0 aliphatic carbocycles. The number of ether oxygens (including phenoxy) is 1. The molecular formula is C17H17FN2O4S. The highest BCUT2D eigenvalue weighted by Crippen LogP contribution is 2.19. The fourth-order valence-corrected chi connectivity index (χ4v) is 3.59. The summed E-state index contributed by atoms with van der Waals surface area (Å²) in [4.78, 5) is 13.9. The number of benzene rings is 2. The summed E-state index contributed by atoms with van der Waals surface area (Å²) in [5, 5.41) is 0. The van der Waals surface area contributed by atoms with Crippen molar-refractivity contribution in [2.45, 2.75) is 4.90 Å². The van der Waals surface area contributed by atoms with Crippen LogP contribution in [0.1, 0.15) is 10.4 Å². The van der Waals surface area contributed by atoms with Gasteiger partial charge >= 0.3 is 0 Å². The molecule has 25 heavy (non-hydrogen) atoms. The smallest absolute Gasteiger partial charge is 0.261 e. The van der Waals surface area contributed by atoms with Crippen LogP contribution in [0.15, 0.2) is 53.4 Å². The maximum Gasteiger partial charge on any atom is 0.261 e. The first kappa shape index (κ1) is 17.4.